The van der Waals surface area contributed by atoms with Crippen LogP contribution >= 0.6 is 43.2 Å². The Bertz CT molecular complexity index is 385. The zero-order chi connectivity index (χ0) is 19.2. The van der Waals surface area contributed by atoms with E-state index in [0.717, 1.165) is 29.4 Å². The smallest absolute Gasteiger partial charge is 0.153 e. The molecule has 6 unspecified atom stereocenters. The summed E-state index contributed by atoms with van der Waals surface area (Å²) in [5, 5.41) is 0. The highest BCUT2D eigenvalue weighted by molar-refractivity contribution is 8.78. The number of rotatable bonds is 16. The molecule has 0 heterocycles. The van der Waals surface area contributed by atoms with Crippen LogP contribution in [0.2, 0.25) is 0 Å². The maximum Gasteiger partial charge on any atom is 0.153 e. The Morgan fingerprint density at radius 3 is 1.68 bits per heavy atom. The van der Waals surface area contributed by atoms with Gasteiger partial charge in [0, 0.05) is 23.0 Å². The summed E-state index contributed by atoms with van der Waals surface area (Å²) in [5.74, 6) is 6.43. The molecule has 0 aliphatic heterocycles. The van der Waals surface area contributed by atoms with Crippen molar-refractivity contribution in [1.29, 1.82) is 0 Å². The van der Waals surface area contributed by atoms with Crippen LogP contribution in [0.15, 0.2) is 0 Å². The first kappa shape index (κ1) is 26.6. The van der Waals surface area contributed by atoms with Gasteiger partial charge < -0.3 is 9.11 Å². The van der Waals surface area contributed by atoms with E-state index in [1.165, 1.54) is 0 Å². The molecule has 0 saturated carbocycles. The minimum atomic E-state index is -1.69. The van der Waals surface area contributed by atoms with Gasteiger partial charge in [0.2, 0.25) is 0 Å². The Balaban J connectivity index is 3.63. The fraction of sp³-hybridized carbons (Fsp3) is 1.00. The van der Waals surface area contributed by atoms with Gasteiger partial charge in [-0.1, -0.05) is 77.3 Å². The van der Waals surface area contributed by atoms with E-state index in [-0.39, 0.29) is 5.92 Å². The van der Waals surface area contributed by atoms with Crippen LogP contribution in [0.25, 0.3) is 0 Å². The molecule has 0 aromatic carbocycles. The van der Waals surface area contributed by atoms with Crippen molar-refractivity contribution in [3.05, 3.63) is 0 Å². The Kier molecular flexibility index (Phi) is 17.6. The molecule has 0 amide bonds. The second-order valence-corrected chi connectivity index (χ2v) is 13.5. The molecule has 25 heavy (non-hydrogen) atoms. The molecule has 152 valence electrons. The van der Waals surface area contributed by atoms with Gasteiger partial charge >= 0.3 is 0 Å². The van der Waals surface area contributed by atoms with Crippen LogP contribution in [0.3, 0.4) is 0 Å². The molecule has 0 bridgehead atoms. The Labute approximate surface area is 174 Å². The third-order valence-electron chi connectivity index (χ3n) is 4.14. The molecule has 0 rings (SSSR count). The Morgan fingerprint density at radius 1 is 0.760 bits per heavy atom. The molecule has 6 atom stereocenters. The van der Waals surface area contributed by atoms with Gasteiger partial charge in [0.1, 0.15) is 0 Å². The van der Waals surface area contributed by atoms with Gasteiger partial charge in [-0.15, -0.1) is 0 Å². The van der Waals surface area contributed by atoms with Crippen LogP contribution in [-0.2, 0) is 22.2 Å². The third kappa shape index (κ3) is 15.2. The molecule has 10 heteroatoms. The lowest BCUT2D eigenvalue weighted by Crippen LogP contribution is -2.19. The molecule has 0 fully saturated rings. The predicted octanol–water partition coefficient (Wildman–Crippen LogP) is 5.13. The summed E-state index contributed by atoms with van der Waals surface area (Å²) >= 11 is -3.39. The van der Waals surface area contributed by atoms with E-state index >= 15 is 0 Å². The van der Waals surface area contributed by atoms with Crippen molar-refractivity contribution in [1.82, 2.24) is 0 Å². The summed E-state index contributed by atoms with van der Waals surface area (Å²) in [6.45, 7) is 8.43. The summed E-state index contributed by atoms with van der Waals surface area (Å²) in [6.07, 6.45) is 0.950. The lowest BCUT2D eigenvalue weighted by atomic mass is 9.95. The zero-order valence-corrected chi connectivity index (χ0v) is 20.3. The summed E-state index contributed by atoms with van der Waals surface area (Å²) in [7, 11) is 7.45. The molecule has 0 aromatic rings. The fourth-order valence-electron chi connectivity index (χ4n) is 2.05. The van der Waals surface area contributed by atoms with E-state index in [1.807, 2.05) is 50.1 Å². The molecule has 0 aliphatic rings. The van der Waals surface area contributed by atoms with Crippen LogP contribution in [-0.4, -0.2) is 52.0 Å². The third-order valence-corrected chi connectivity index (χ3v) is 11.1. The van der Waals surface area contributed by atoms with Gasteiger partial charge in [-0.05, 0) is 23.7 Å². The molecule has 4 nitrogen and oxygen atoms in total. The topological polar surface area (TPSA) is 74.6 Å². The molecule has 0 radical (unpaired) electrons. The first-order valence-electron chi connectivity index (χ1n) is 8.41. The summed E-state index contributed by atoms with van der Waals surface area (Å²) < 4.78 is 39.7. The molecular weight excluding hydrogens is 437 g/mol. The normalized spacial score (nSPS) is 19.1. The van der Waals surface area contributed by atoms with Crippen LogP contribution in [0.5, 0.6) is 0 Å². The summed E-state index contributed by atoms with van der Waals surface area (Å²) in [5.41, 5.74) is 0. The van der Waals surface area contributed by atoms with Gasteiger partial charge in [-0.25, -0.2) is 8.42 Å². The van der Waals surface area contributed by atoms with E-state index in [9.17, 15) is 8.42 Å². The van der Waals surface area contributed by atoms with Gasteiger partial charge in [0.15, 0.2) is 22.2 Å². The predicted molar refractivity (Wildman–Crippen MR) is 122 cm³/mol. The minimum absolute atomic E-state index is 0.269. The highest BCUT2D eigenvalue weighted by Crippen LogP contribution is 2.32. The second kappa shape index (κ2) is 16.6. The Morgan fingerprint density at radius 2 is 1.24 bits per heavy atom. The van der Waals surface area contributed by atoms with Crippen LogP contribution in [0.4, 0.5) is 0 Å². The van der Waals surface area contributed by atoms with Gasteiger partial charge in [-0.3, -0.25) is 0 Å². The lowest BCUT2D eigenvalue weighted by Gasteiger charge is -2.20. The van der Waals surface area contributed by atoms with Gasteiger partial charge in [0.25, 0.3) is 0 Å². The van der Waals surface area contributed by atoms with Crippen LogP contribution < -0.4 is 0 Å². The molecule has 0 aromatic heterocycles. The Hall–Kier alpha value is 1.62. The molecule has 2 N–H and O–H groups in total. The highest BCUT2D eigenvalue weighted by Gasteiger charge is 2.18. The van der Waals surface area contributed by atoms with Gasteiger partial charge in [-0.2, -0.15) is 0 Å². The van der Waals surface area contributed by atoms with Crippen molar-refractivity contribution in [3.63, 3.8) is 0 Å². The van der Waals surface area contributed by atoms with Crippen molar-refractivity contribution < 1.29 is 17.5 Å². The van der Waals surface area contributed by atoms with Gasteiger partial charge in [0.05, 0.1) is 11.5 Å². The first-order chi connectivity index (χ1) is 11.8. The standard InChI is InChI=1S/C15H32O4S6/c1-5-15(11-25(18)19)13(3)9-23-21-7-6-20-22-8-12(2)14(4)10-24(16)17/h12-15H,5-11H2,1-4H3,(H,16,17)(H,18,19). The van der Waals surface area contributed by atoms with Crippen LogP contribution in [0, 0.1) is 23.7 Å². The molecule has 0 aliphatic carbocycles. The summed E-state index contributed by atoms with van der Waals surface area (Å²) in [4.78, 5) is 0. The van der Waals surface area contributed by atoms with Crippen molar-refractivity contribution in [2.24, 2.45) is 23.7 Å². The fourth-order valence-corrected chi connectivity index (χ4v) is 9.56. The highest BCUT2D eigenvalue weighted by atomic mass is 33.1. The molecule has 0 saturated heterocycles. The average Bonchev–Trinajstić information content (AvgIpc) is 2.53. The first-order valence-corrected chi connectivity index (χ1v) is 15.9. The van der Waals surface area contributed by atoms with E-state index < -0.39 is 22.2 Å². The molecular formula is C15H32O4S6. The second-order valence-electron chi connectivity index (χ2n) is 6.29. The van der Waals surface area contributed by atoms with E-state index in [1.54, 1.807) is 0 Å². The maximum atomic E-state index is 11.0. The monoisotopic (exact) mass is 468 g/mol. The minimum Gasteiger partial charge on any atom is -0.306 e. The van der Waals surface area contributed by atoms with Crippen molar-refractivity contribution in [2.75, 3.05) is 34.5 Å². The average molecular weight is 469 g/mol. The van der Waals surface area contributed by atoms with Crippen LogP contribution in [0.1, 0.15) is 34.1 Å². The van der Waals surface area contributed by atoms with E-state index in [2.05, 4.69) is 20.8 Å². The van der Waals surface area contributed by atoms with Crippen molar-refractivity contribution >= 4 is 65.3 Å². The quantitative estimate of drug-likeness (QED) is 0.183. The van der Waals surface area contributed by atoms with Crippen molar-refractivity contribution in [3.8, 4) is 0 Å². The lowest BCUT2D eigenvalue weighted by molar-refractivity contribution is 0.409. The largest absolute Gasteiger partial charge is 0.306 e. The molecule has 0 spiro atoms. The maximum absolute atomic E-state index is 11.0. The summed E-state index contributed by atoms with van der Waals surface area (Å²) in [6, 6.07) is 0. The zero-order valence-electron chi connectivity index (χ0n) is 15.4. The van der Waals surface area contributed by atoms with E-state index in [0.29, 0.717) is 29.3 Å². The van der Waals surface area contributed by atoms with Crippen molar-refractivity contribution in [2.45, 2.75) is 34.1 Å². The SMILES string of the molecule is CCC(CS(=O)O)C(C)CSSCCSSCC(C)C(C)CS(=O)O. The number of hydrogen-bond donors (Lipinski definition) is 2. The number of hydrogen-bond acceptors (Lipinski definition) is 6. The van der Waals surface area contributed by atoms with E-state index in [4.69, 9.17) is 9.11 Å².